The van der Waals surface area contributed by atoms with Crippen LogP contribution in [0.5, 0.6) is 5.75 Å². The predicted octanol–water partition coefficient (Wildman–Crippen LogP) is 4.98. The van der Waals surface area contributed by atoms with Gasteiger partial charge in [0.15, 0.2) is 10.3 Å². The van der Waals surface area contributed by atoms with Gasteiger partial charge < -0.3 is 10.1 Å². The van der Waals surface area contributed by atoms with E-state index in [0.29, 0.717) is 28.9 Å². The molecule has 7 nitrogen and oxygen atoms in total. The molecule has 0 bridgehead atoms. The minimum absolute atomic E-state index is 0.132. The Morgan fingerprint density at radius 2 is 1.87 bits per heavy atom. The summed E-state index contributed by atoms with van der Waals surface area (Å²) >= 11 is 2.75. The van der Waals surface area contributed by atoms with Crippen molar-refractivity contribution in [1.29, 1.82) is 0 Å². The van der Waals surface area contributed by atoms with Crippen LogP contribution in [0.2, 0.25) is 0 Å². The van der Waals surface area contributed by atoms with Gasteiger partial charge in [0.2, 0.25) is 5.91 Å². The van der Waals surface area contributed by atoms with Crippen molar-refractivity contribution in [3.05, 3.63) is 65.2 Å². The molecule has 4 aromatic rings. The first-order chi connectivity index (χ1) is 15.1. The molecule has 0 saturated heterocycles. The highest BCUT2D eigenvalue weighted by atomic mass is 32.1. The third-order valence-electron chi connectivity index (χ3n) is 4.33. The van der Waals surface area contributed by atoms with E-state index in [9.17, 15) is 9.59 Å². The lowest BCUT2D eigenvalue weighted by molar-refractivity contribution is -0.116. The van der Waals surface area contributed by atoms with Crippen molar-refractivity contribution in [3.8, 4) is 5.75 Å². The number of nitrogens with one attached hydrogen (secondary N) is 2. The van der Waals surface area contributed by atoms with Crippen molar-refractivity contribution < 1.29 is 14.3 Å². The Kier molecular flexibility index (Phi) is 6.54. The van der Waals surface area contributed by atoms with Crippen LogP contribution in [0, 0.1) is 0 Å². The standard InChI is InChI=1S/C22H20N4O3S2/c1-2-29-16-9-10-17-18(12-16)31-22(24-17)25-19(27)11-8-15-13-30-21(23-15)26-20(28)14-6-4-3-5-7-14/h3-7,9-10,12-13H,2,8,11H2,1H3,(H,23,26,28)(H,24,25,27). The summed E-state index contributed by atoms with van der Waals surface area (Å²) in [6.45, 7) is 2.53. The summed E-state index contributed by atoms with van der Waals surface area (Å²) in [5.74, 6) is 0.449. The zero-order valence-corrected chi connectivity index (χ0v) is 18.4. The number of anilines is 2. The molecule has 2 amide bonds. The molecule has 9 heteroatoms. The molecular formula is C22H20N4O3S2. The van der Waals surface area contributed by atoms with Crippen molar-refractivity contribution >= 4 is 55.0 Å². The second-order valence-electron chi connectivity index (χ2n) is 6.59. The van der Waals surface area contributed by atoms with E-state index in [4.69, 9.17) is 4.74 Å². The highest BCUT2D eigenvalue weighted by Gasteiger charge is 2.12. The molecule has 2 aromatic heterocycles. The number of hydrogen-bond donors (Lipinski definition) is 2. The van der Waals surface area contributed by atoms with E-state index < -0.39 is 0 Å². The summed E-state index contributed by atoms with van der Waals surface area (Å²) in [6, 6.07) is 14.6. The smallest absolute Gasteiger partial charge is 0.257 e. The van der Waals surface area contributed by atoms with Crippen LogP contribution in [0.4, 0.5) is 10.3 Å². The van der Waals surface area contributed by atoms with E-state index >= 15 is 0 Å². The minimum atomic E-state index is -0.206. The lowest BCUT2D eigenvalue weighted by Crippen LogP contribution is -2.13. The maximum Gasteiger partial charge on any atom is 0.257 e. The number of benzene rings is 2. The van der Waals surface area contributed by atoms with Crippen LogP contribution < -0.4 is 15.4 Å². The molecule has 0 unspecified atom stereocenters. The molecular weight excluding hydrogens is 432 g/mol. The van der Waals surface area contributed by atoms with Crippen LogP contribution in [-0.4, -0.2) is 28.4 Å². The summed E-state index contributed by atoms with van der Waals surface area (Å²) in [5, 5.41) is 8.55. The van der Waals surface area contributed by atoms with Gasteiger partial charge in [-0.3, -0.25) is 14.9 Å². The molecule has 0 aliphatic rings. The molecule has 0 atom stereocenters. The van der Waals surface area contributed by atoms with Crippen molar-refractivity contribution in [2.75, 3.05) is 17.2 Å². The number of fused-ring (bicyclic) bond motifs is 1. The number of carbonyl (C=O) groups is 2. The van der Waals surface area contributed by atoms with Gasteiger partial charge in [-0.2, -0.15) is 0 Å². The zero-order chi connectivity index (χ0) is 21.6. The highest BCUT2D eigenvalue weighted by molar-refractivity contribution is 7.22. The van der Waals surface area contributed by atoms with E-state index in [2.05, 4.69) is 20.6 Å². The predicted molar refractivity (Wildman–Crippen MR) is 124 cm³/mol. The fraction of sp³-hybridized carbons (Fsp3) is 0.182. The molecule has 2 N–H and O–H groups in total. The topological polar surface area (TPSA) is 93.2 Å². The number of aromatic nitrogens is 2. The summed E-state index contributed by atoms with van der Waals surface area (Å²) < 4.78 is 6.46. The van der Waals surface area contributed by atoms with E-state index in [-0.39, 0.29) is 18.2 Å². The largest absolute Gasteiger partial charge is 0.494 e. The van der Waals surface area contributed by atoms with Gasteiger partial charge in [-0.15, -0.1) is 11.3 Å². The number of aryl methyl sites for hydroxylation is 1. The maximum atomic E-state index is 12.3. The van der Waals surface area contributed by atoms with Gasteiger partial charge in [-0.1, -0.05) is 29.5 Å². The van der Waals surface area contributed by atoms with Crippen molar-refractivity contribution in [3.63, 3.8) is 0 Å². The molecule has 158 valence electrons. The molecule has 0 spiro atoms. The fourth-order valence-electron chi connectivity index (χ4n) is 2.88. The van der Waals surface area contributed by atoms with E-state index in [1.807, 2.05) is 48.7 Å². The van der Waals surface area contributed by atoms with Crippen LogP contribution >= 0.6 is 22.7 Å². The van der Waals surface area contributed by atoms with Crippen LogP contribution in [0.15, 0.2) is 53.9 Å². The van der Waals surface area contributed by atoms with Gasteiger partial charge in [0.25, 0.3) is 5.91 Å². The first-order valence-electron chi connectivity index (χ1n) is 9.75. The van der Waals surface area contributed by atoms with Gasteiger partial charge in [0.1, 0.15) is 5.75 Å². The first-order valence-corrected chi connectivity index (χ1v) is 11.4. The molecule has 4 rings (SSSR count). The summed E-state index contributed by atoms with van der Waals surface area (Å²) in [4.78, 5) is 33.4. The van der Waals surface area contributed by atoms with E-state index in [1.165, 1.54) is 22.7 Å². The Bertz CT molecular complexity index is 1200. The Morgan fingerprint density at radius 3 is 2.68 bits per heavy atom. The first kappa shape index (κ1) is 21.0. The minimum Gasteiger partial charge on any atom is -0.494 e. The quantitative estimate of drug-likeness (QED) is 0.393. The molecule has 0 radical (unpaired) electrons. The van der Waals surface area contributed by atoms with Crippen LogP contribution in [0.1, 0.15) is 29.4 Å². The molecule has 0 aliphatic carbocycles. The fourth-order valence-corrected chi connectivity index (χ4v) is 4.53. The van der Waals surface area contributed by atoms with Gasteiger partial charge >= 0.3 is 0 Å². The molecule has 0 fully saturated rings. The van der Waals surface area contributed by atoms with Gasteiger partial charge in [0, 0.05) is 17.4 Å². The van der Waals surface area contributed by atoms with Gasteiger partial charge in [0.05, 0.1) is 22.5 Å². The monoisotopic (exact) mass is 452 g/mol. The Balaban J connectivity index is 1.30. The highest BCUT2D eigenvalue weighted by Crippen LogP contribution is 2.29. The number of hydrogen-bond acceptors (Lipinski definition) is 7. The third kappa shape index (κ3) is 5.44. The lowest BCUT2D eigenvalue weighted by Gasteiger charge is -2.01. The molecule has 0 saturated carbocycles. The summed E-state index contributed by atoms with van der Waals surface area (Å²) in [6.07, 6.45) is 0.749. The van der Waals surface area contributed by atoms with Crippen molar-refractivity contribution in [1.82, 2.24) is 9.97 Å². The summed E-state index contributed by atoms with van der Waals surface area (Å²) in [5.41, 5.74) is 2.15. The summed E-state index contributed by atoms with van der Waals surface area (Å²) in [7, 11) is 0. The van der Waals surface area contributed by atoms with Crippen LogP contribution in [0.25, 0.3) is 10.2 Å². The second-order valence-corrected chi connectivity index (χ2v) is 8.48. The number of rotatable bonds is 8. The van der Waals surface area contributed by atoms with Crippen LogP contribution in [-0.2, 0) is 11.2 Å². The van der Waals surface area contributed by atoms with Gasteiger partial charge in [-0.05, 0) is 43.7 Å². The molecule has 31 heavy (non-hydrogen) atoms. The van der Waals surface area contributed by atoms with E-state index in [0.717, 1.165) is 21.7 Å². The van der Waals surface area contributed by atoms with Crippen LogP contribution in [0.3, 0.4) is 0 Å². The maximum absolute atomic E-state index is 12.3. The third-order valence-corrected chi connectivity index (χ3v) is 6.07. The number of ether oxygens (including phenoxy) is 1. The Labute approximate surface area is 187 Å². The molecule has 0 aliphatic heterocycles. The molecule has 2 heterocycles. The Hall–Kier alpha value is -3.30. The number of carbonyl (C=O) groups excluding carboxylic acids is 2. The average Bonchev–Trinajstić information content (AvgIpc) is 3.39. The number of thiazole rings is 2. The normalized spacial score (nSPS) is 10.7. The van der Waals surface area contributed by atoms with Crippen molar-refractivity contribution in [2.45, 2.75) is 19.8 Å². The van der Waals surface area contributed by atoms with E-state index in [1.54, 1.807) is 12.1 Å². The second kappa shape index (κ2) is 9.67. The lowest BCUT2D eigenvalue weighted by atomic mass is 10.2. The average molecular weight is 453 g/mol. The SMILES string of the molecule is CCOc1ccc2nc(NC(=O)CCc3csc(NC(=O)c4ccccc4)n3)sc2c1. The Morgan fingerprint density at radius 1 is 1.03 bits per heavy atom. The van der Waals surface area contributed by atoms with Crippen molar-refractivity contribution in [2.24, 2.45) is 0 Å². The molecule has 2 aromatic carbocycles. The van der Waals surface area contributed by atoms with Gasteiger partial charge in [-0.25, -0.2) is 9.97 Å². The number of nitrogens with zero attached hydrogens (tertiary/aromatic N) is 2. The zero-order valence-electron chi connectivity index (χ0n) is 16.8. The number of amides is 2.